The lowest BCUT2D eigenvalue weighted by molar-refractivity contribution is -0.156. The van der Waals surface area contributed by atoms with Crippen LogP contribution in [-0.4, -0.2) is 27.0 Å². The average molecular weight is 317 g/mol. The van der Waals surface area contributed by atoms with Gasteiger partial charge in [-0.25, -0.2) is 0 Å². The number of hydrogen-bond acceptors (Lipinski definition) is 2. The molecule has 100 valence electrons. The first-order chi connectivity index (χ1) is 8.30. The van der Waals surface area contributed by atoms with E-state index in [1.165, 1.54) is 0 Å². The smallest absolute Gasteiger partial charge is 0.313 e. The van der Waals surface area contributed by atoms with Crippen molar-refractivity contribution in [2.24, 2.45) is 16.7 Å². The fraction of sp³-hybridized carbons (Fsp3) is 0.692. The SMILES string of the molecule is CC1(C(=O)O)C=CC(Br)C(CC2CC2)(C(=O)O)C1. The molecule has 5 heteroatoms. The van der Waals surface area contributed by atoms with Crippen molar-refractivity contribution >= 4 is 27.9 Å². The van der Waals surface area contributed by atoms with Crippen LogP contribution in [0.4, 0.5) is 0 Å². The summed E-state index contributed by atoms with van der Waals surface area (Å²) in [6.45, 7) is 1.59. The van der Waals surface area contributed by atoms with E-state index in [0.717, 1.165) is 12.8 Å². The maximum atomic E-state index is 11.7. The van der Waals surface area contributed by atoms with Gasteiger partial charge in [0, 0.05) is 4.83 Å². The molecule has 18 heavy (non-hydrogen) atoms. The highest BCUT2D eigenvalue weighted by atomic mass is 79.9. The number of carboxylic acids is 2. The van der Waals surface area contributed by atoms with Gasteiger partial charge in [-0.05, 0) is 25.7 Å². The molecule has 1 fully saturated rings. The standard InChI is InChI=1S/C13H17BrO4/c1-12(10(15)16)5-4-9(14)13(7-12,11(17)18)6-8-2-3-8/h4-5,8-9H,2-3,6-7H2,1H3,(H,15,16)(H,17,18). The Labute approximate surface area is 114 Å². The minimum Gasteiger partial charge on any atom is -0.481 e. The molecule has 1 saturated carbocycles. The number of carboxylic acid groups (broad SMARTS) is 2. The van der Waals surface area contributed by atoms with Gasteiger partial charge in [0.15, 0.2) is 0 Å². The minimum absolute atomic E-state index is 0.146. The Balaban J connectivity index is 2.35. The summed E-state index contributed by atoms with van der Waals surface area (Å²) in [4.78, 5) is 22.7. The third-order valence-electron chi connectivity index (χ3n) is 4.11. The zero-order chi connectivity index (χ0) is 13.6. The lowest BCUT2D eigenvalue weighted by Crippen LogP contribution is -2.47. The van der Waals surface area contributed by atoms with Crippen LogP contribution in [0.3, 0.4) is 0 Å². The summed E-state index contributed by atoms with van der Waals surface area (Å²) in [5.41, 5.74) is -2.08. The van der Waals surface area contributed by atoms with E-state index in [1.807, 2.05) is 0 Å². The highest BCUT2D eigenvalue weighted by Gasteiger charge is 2.54. The lowest BCUT2D eigenvalue weighted by atomic mass is 9.64. The second-order valence-electron chi connectivity index (χ2n) is 5.77. The Morgan fingerprint density at radius 1 is 1.33 bits per heavy atom. The third kappa shape index (κ3) is 2.20. The van der Waals surface area contributed by atoms with Gasteiger partial charge in [-0.3, -0.25) is 9.59 Å². The fourth-order valence-corrected chi connectivity index (χ4v) is 3.44. The van der Waals surface area contributed by atoms with Crippen molar-refractivity contribution in [2.75, 3.05) is 0 Å². The number of hydrogen-bond donors (Lipinski definition) is 2. The van der Waals surface area contributed by atoms with Crippen LogP contribution in [-0.2, 0) is 9.59 Å². The molecule has 0 bridgehead atoms. The number of alkyl halides is 1. The Bertz CT molecular complexity index is 415. The Hall–Kier alpha value is -0.840. The van der Waals surface area contributed by atoms with E-state index in [4.69, 9.17) is 0 Å². The van der Waals surface area contributed by atoms with Crippen LogP contribution in [0, 0.1) is 16.7 Å². The zero-order valence-corrected chi connectivity index (χ0v) is 11.8. The summed E-state index contributed by atoms with van der Waals surface area (Å²) < 4.78 is 0. The van der Waals surface area contributed by atoms with Gasteiger partial charge in [0.25, 0.3) is 0 Å². The monoisotopic (exact) mass is 316 g/mol. The summed E-state index contributed by atoms with van der Waals surface area (Å²) in [6.07, 6.45) is 6.13. The van der Waals surface area contributed by atoms with Crippen molar-refractivity contribution in [1.29, 1.82) is 0 Å². The molecule has 2 aliphatic carbocycles. The number of halogens is 1. The number of aliphatic carboxylic acids is 2. The Morgan fingerprint density at radius 3 is 2.39 bits per heavy atom. The van der Waals surface area contributed by atoms with E-state index >= 15 is 0 Å². The summed E-state index contributed by atoms with van der Waals surface area (Å²) in [5.74, 6) is -1.42. The predicted molar refractivity (Wildman–Crippen MR) is 69.6 cm³/mol. The van der Waals surface area contributed by atoms with Crippen molar-refractivity contribution < 1.29 is 19.8 Å². The highest BCUT2D eigenvalue weighted by molar-refractivity contribution is 9.09. The van der Waals surface area contributed by atoms with E-state index in [-0.39, 0.29) is 11.2 Å². The van der Waals surface area contributed by atoms with Gasteiger partial charge >= 0.3 is 11.9 Å². The molecule has 0 amide bonds. The predicted octanol–water partition coefficient (Wildman–Crippen LogP) is 2.67. The van der Waals surface area contributed by atoms with E-state index in [2.05, 4.69) is 15.9 Å². The molecule has 2 aliphatic rings. The number of allylic oxidation sites excluding steroid dienone is 1. The summed E-state index contributed by atoms with van der Waals surface area (Å²) in [7, 11) is 0. The van der Waals surface area contributed by atoms with Crippen molar-refractivity contribution in [2.45, 2.75) is 37.4 Å². The van der Waals surface area contributed by atoms with E-state index < -0.39 is 22.8 Å². The fourth-order valence-electron chi connectivity index (χ4n) is 2.74. The molecule has 0 aliphatic heterocycles. The molecular formula is C13H17BrO4. The second kappa shape index (κ2) is 4.37. The highest BCUT2D eigenvalue weighted by Crippen LogP contribution is 2.53. The zero-order valence-electron chi connectivity index (χ0n) is 10.2. The first kappa shape index (κ1) is 13.6. The maximum absolute atomic E-state index is 11.7. The molecule has 2 N–H and O–H groups in total. The molecule has 0 aromatic heterocycles. The Morgan fingerprint density at radius 2 is 1.94 bits per heavy atom. The molecular weight excluding hydrogens is 300 g/mol. The van der Waals surface area contributed by atoms with Gasteiger partial charge in [-0.2, -0.15) is 0 Å². The van der Waals surface area contributed by atoms with Crippen LogP contribution < -0.4 is 0 Å². The van der Waals surface area contributed by atoms with Crippen molar-refractivity contribution in [1.82, 2.24) is 0 Å². The molecule has 0 aromatic rings. The Kier molecular flexibility index (Phi) is 3.30. The largest absolute Gasteiger partial charge is 0.481 e. The quantitative estimate of drug-likeness (QED) is 0.617. The summed E-state index contributed by atoms with van der Waals surface area (Å²) in [6, 6.07) is 0. The van der Waals surface area contributed by atoms with Crippen LogP contribution in [0.15, 0.2) is 12.2 Å². The molecule has 3 atom stereocenters. The average Bonchev–Trinajstić information content (AvgIpc) is 3.07. The van der Waals surface area contributed by atoms with E-state index in [9.17, 15) is 19.8 Å². The van der Waals surface area contributed by atoms with Crippen molar-refractivity contribution in [3.05, 3.63) is 12.2 Å². The molecule has 0 radical (unpaired) electrons. The van der Waals surface area contributed by atoms with Crippen molar-refractivity contribution in [3.8, 4) is 0 Å². The maximum Gasteiger partial charge on any atom is 0.313 e. The number of rotatable bonds is 4. The second-order valence-corrected chi connectivity index (χ2v) is 6.76. The van der Waals surface area contributed by atoms with Gasteiger partial charge in [0.1, 0.15) is 0 Å². The topological polar surface area (TPSA) is 74.6 Å². The molecule has 0 spiro atoms. The van der Waals surface area contributed by atoms with Crippen LogP contribution >= 0.6 is 15.9 Å². The van der Waals surface area contributed by atoms with Gasteiger partial charge in [-0.1, -0.05) is 40.9 Å². The minimum atomic E-state index is -1.09. The van der Waals surface area contributed by atoms with Crippen LogP contribution in [0.5, 0.6) is 0 Å². The molecule has 3 unspecified atom stereocenters. The molecule has 0 saturated heterocycles. The normalized spacial score (nSPS) is 39.6. The number of carbonyl (C=O) groups is 2. The van der Waals surface area contributed by atoms with E-state index in [0.29, 0.717) is 12.3 Å². The summed E-state index contributed by atoms with van der Waals surface area (Å²) in [5, 5.41) is 18.9. The van der Waals surface area contributed by atoms with Crippen LogP contribution in [0.1, 0.15) is 32.6 Å². The summed E-state index contributed by atoms with van der Waals surface area (Å²) >= 11 is 3.41. The molecule has 0 aromatic carbocycles. The van der Waals surface area contributed by atoms with Gasteiger partial charge in [0.05, 0.1) is 10.8 Å². The van der Waals surface area contributed by atoms with E-state index in [1.54, 1.807) is 19.1 Å². The van der Waals surface area contributed by atoms with Crippen molar-refractivity contribution in [3.63, 3.8) is 0 Å². The van der Waals surface area contributed by atoms with Gasteiger partial charge in [-0.15, -0.1) is 0 Å². The first-order valence-corrected chi connectivity index (χ1v) is 7.02. The first-order valence-electron chi connectivity index (χ1n) is 6.10. The van der Waals surface area contributed by atoms with Gasteiger partial charge in [0.2, 0.25) is 0 Å². The molecule has 0 heterocycles. The molecule has 2 rings (SSSR count). The third-order valence-corrected chi connectivity index (χ3v) is 5.29. The van der Waals surface area contributed by atoms with Crippen LogP contribution in [0.2, 0.25) is 0 Å². The van der Waals surface area contributed by atoms with Crippen LogP contribution in [0.25, 0.3) is 0 Å². The molecule has 4 nitrogen and oxygen atoms in total. The lowest BCUT2D eigenvalue weighted by Gasteiger charge is -2.41. The van der Waals surface area contributed by atoms with Gasteiger partial charge < -0.3 is 10.2 Å².